The summed E-state index contributed by atoms with van der Waals surface area (Å²) in [6.45, 7) is 3.37. The van der Waals surface area contributed by atoms with Gasteiger partial charge in [0.05, 0.1) is 0 Å². The van der Waals surface area contributed by atoms with E-state index >= 15 is 0 Å². The number of nitrogens with zero attached hydrogens (tertiary/aromatic N) is 6. The number of hydrogen-bond donors (Lipinski definition) is 4. The summed E-state index contributed by atoms with van der Waals surface area (Å²) < 4.78 is 10.6. The van der Waals surface area contributed by atoms with Crippen LogP contribution in [-0.4, -0.2) is 64.8 Å². The number of aromatic nitrogens is 6. The molecule has 14 nitrogen and oxygen atoms in total. The van der Waals surface area contributed by atoms with Crippen LogP contribution < -0.4 is 10.6 Å². The second-order valence-corrected chi connectivity index (χ2v) is 15.9. The molecule has 2 amide bonds. The van der Waals surface area contributed by atoms with Crippen LogP contribution in [0.1, 0.15) is 92.7 Å². The fraction of sp³-hybridized carbons (Fsp3) is 0.368. The van der Waals surface area contributed by atoms with E-state index in [1.54, 1.807) is 26.0 Å². The Morgan fingerprint density at radius 1 is 0.667 bits per heavy atom. The Kier molecular flexibility index (Phi) is 11.6. The summed E-state index contributed by atoms with van der Waals surface area (Å²) in [5.41, 5.74) is 2.37. The maximum Gasteiger partial charge on any atom is 0.273 e. The number of carbonyl (C=O) groups excluding carboxylic acids is 2. The lowest BCUT2D eigenvalue weighted by atomic mass is 9.78. The fourth-order valence-electron chi connectivity index (χ4n) is 6.33. The molecular weight excluding hydrogens is 729 g/mol. The van der Waals surface area contributed by atoms with Crippen LogP contribution in [0.3, 0.4) is 0 Å². The Balaban J connectivity index is 0.000000167. The van der Waals surface area contributed by atoms with Crippen molar-refractivity contribution in [3.63, 3.8) is 0 Å². The largest absolute Gasteiger partial charge is 0.386 e. The van der Waals surface area contributed by atoms with E-state index in [2.05, 4.69) is 41.3 Å². The smallest absolute Gasteiger partial charge is 0.273 e. The van der Waals surface area contributed by atoms with Crippen LogP contribution >= 0.6 is 22.7 Å². The zero-order valence-electron chi connectivity index (χ0n) is 29.7. The van der Waals surface area contributed by atoms with E-state index in [0.29, 0.717) is 44.8 Å². The van der Waals surface area contributed by atoms with Gasteiger partial charge in [0.15, 0.2) is 22.9 Å². The van der Waals surface area contributed by atoms with E-state index < -0.39 is 12.2 Å². The van der Waals surface area contributed by atoms with Crippen LogP contribution in [-0.2, 0) is 12.8 Å². The molecule has 0 bridgehead atoms. The second-order valence-electron chi connectivity index (χ2n) is 13.7. The standard InChI is InChI=1S/2C19H20N4O3S/c2*1-11(24)19-22-21-17(27-19)9-12-7-14(8-12)20-18(25)15-10-16(26-23-15)13-5-3-2-4-6-13/h2*2-6,10-12,14,24H,7-9H2,1H3,(H,20,25)/t2*11-,12?,14?/m11/s1. The highest BCUT2D eigenvalue weighted by Gasteiger charge is 2.33. The summed E-state index contributed by atoms with van der Waals surface area (Å²) >= 11 is 2.90. The Morgan fingerprint density at radius 2 is 1.06 bits per heavy atom. The van der Waals surface area contributed by atoms with Gasteiger partial charge in [0.25, 0.3) is 11.8 Å². The molecule has 0 aliphatic heterocycles. The van der Waals surface area contributed by atoms with Crippen molar-refractivity contribution in [2.24, 2.45) is 11.8 Å². The van der Waals surface area contributed by atoms with Gasteiger partial charge < -0.3 is 29.9 Å². The van der Waals surface area contributed by atoms with E-state index in [1.807, 2.05) is 60.7 Å². The number of amides is 2. The van der Waals surface area contributed by atoms with Gasteiger partial charge in [0.2, 0.25) is 0 Å². The Bertz CT molecular complexity index is 1980. The van der Waals surface area contributed by atoms with Crippen molar-refractivity contribution in [3.05, 3.63) is 104 Å². The number of aliphatic hydroxyl groups excluding tert-OH is 2. The highest BCUT2D eigenvalue weighted by molar-refractivity contribution is 7.11. The molecular formula is C38H40N8O6S2. The molecule has 2 aliphatic rings. The van der Waals surface area contributed by atoms with Gasteiger partial charge in [-0.1, -0.05) is 93.7 Å². The first-order valence-electron chi connectivity index (χ1n) is 17.8. The number of rotatable bonds is 12. The van der Waals surface area contributed by atoms with Crippen molar-refractivity contribution < 1.29 is 28.8 Å². The normalized spacial score (nSPS) is 20.1. The number of aliphatic hydroxyl groups is 2. The summed E-state index contributed by atoms with van der Waals surface area (Å²) in [7, 11) is 0. The van der Waals surface area contributed by atoms with Crippen LogP contribution in [0.2, 0.25) is 0 Å². The summed E-state index contributed by atoms with van der Waals surface area (Å²) in [6, 6.07) is 22.8. The number of hydrogen-bond acceptors (Lipinski definition) is 14. The minimum Gasteiger partial charge on any atom is -0.386 e. The molecule has 0 unspecified atom stereocenters. The van der Waals surface area contributed by atoms with Crippen molar-refractivity contribution in [3.8, 4) is 22.6 Å². The van der Waals surface area contributed by atoms with Crippen LogP contribution in [0.15, 0.2) is 81.8 Å². The average Bonchev–Trinajstić information content (AvgIpc) is 3.98. The lowest BCUT2D eigenvalue weighted by Crippen LogP contribution is -2.45. The van der Waals surface area contributed by atoms with E-state index in [4.69, 9.17) is 9.05 Å². The van der Waals surface area contributed by atoms with Gasteiger partial charge >= 0.3 is 0 Å². The molecule has 2 aromatic carbocycles. The number of benzene rings is 2. The van der Waals surface area contributed by atoms with Crippen LogP contribution in [0, 0.1) is 11.8 Å². The van der Waals surface area contributed by atoms with Gasteiger partial charge in [0, 0.05) is 48.2 Å². The molecule has 0 spiro atoms. The third kappa shape index (κ3) is 9.31. The molecule has 4 N–H and O–H groups in total. The molecule has 4 aromatic heterocycles. The molecule has 0 radical (unpaired) electrons. The lowest BCUT2D eigenvalue weighted by Gasteiger charge is -2.35. The van der Waals surface area contributed by atoms with Crippen molar-refractivity contribution in [1.82, 2.24) is 41.3 Å². The third-order valence-corrected chi connectivity index (χ3v) is 11.6. The highest BCUT2D eigenvalue weighted by atomic mass is 32.1. The van der Waals surface area contributed by atoms with E-state index in [-0.39, 0.29) is 23.9 Å². The lowest BCUT2D eigenvalue weighted by molar-refractivity contribution is 0.0871. The molecule has 0 saturated heterocycles. The average molecular weight is 769 g/mol. The quantitative estimate of drug-likeness (QED) is 0.113. The van der Waals surface area contributed by atoms with Crippen molar-refractivity contribution >= 4 is 34.5 Å². The molecule has 6 aromatic rings. The summed E-state index contributed by atoms with van der Waals surface area (Å²) in [4.78, 5) is 24.7. The van der Waals surface area contributed by atoms with E-state index in [0.717, 1.165) is 59.7 Å². The predicted octanol–water partition coefficient (Wildman–Crippen LogP) is 6.00. The summed E-state index contributed by atoms with van der Waals surface area (Å²) in [5.74, 6) is 1.69. The maximum atomic E-state index is 12.4. The first kappa shape index (κ1) is 37.2. The molecule has 280 valence electrons. The van der Waals surface area contributed by atoms with E-state index in [9.17, 15) is 19.8 Å². The summed E-state index contributed by atoms with van der Waals surface area (Å²) in [6.07, 6.45) is 4.12. The van der Waals surface area contributed by atoms with Crippen molar-refractivity contribution in [1.29, 1.82) is 0 Å². The first-order valence-corrected chi connectivity index (χ1v) is 19.5. The van der Waals surface area contributed by atoms with Gasteiger partial charge in [0.1, 0.15) is 32.2 Å². The Labute approximate surface area is 319 Å². The topological polar surface area (TPSA) is 202 Å². The molecule has 4 heterocycles. The molecule has 2 fully saturated rings. The molecule has 54 heavy (non-hydrogen) atoms. The second kappa shape index (κ2) is 16.9. The van der Waals surface area contributed by atoms with Gasteiger partial charge in [-0.15, -0.1) is 20.4 Å². The first-order chi connectivity index (χ1) is 26.2. The van der Waals surface area contributed by atoms with Crippen LogP contribution in [0.4, 0.5) is 0 Å². The molecule has 2 atom stereocenters. The Hall–Kier alpha value is -5.16. The molecule has 8 rings (SSSR count). The predicted molar refractivity (Wildman–Crippen MR) is 200 cm³/mol. The molecule has 2 aliphatic carbocycles. The monoisotopic (exact) mass is 768 g/mol. The SMILES string of the molecule is C[C@@H](O)c1nnc(CC2CC(NC(=O)c3cc(-c4ccccc4)on3)C2)s1.C[C@@H](O)c1nnc(CC2CC(NC(=O)c3cc(-c4ccccc4)on3)C2)s1. The zero-order chi connectivity index (χ0) is 37.6. The minimum atomic E-state index is -0.576. The zero-order valence-corrected chi connectivity index (χ0v) is 31.3. The van der Waals surface area contributed by atoms with Gasteiger partial charge in [-0.3, -0.25) is 9.59 Å². The van der Waals surface area contributed by atoms with Gasteiger partial charge in [-0.05, 0) is 51.4 Å². The van der Waals surface area contributed by atoms with Crippen LogP contribution in [0.5, 0.6) is 0 Å². The van der Waals surface area contributed by atoms with E-state index in [1.165, 1.54) is 22.7 Å². The van der Waals surface area contributed by atoms with Crippen molar-refractivity contribution in [2.45, 2.75) is 76.7 Å². The maximum absolute atomic E-state index is 12.4. The Morgan fingerprint density at radius 3 is 1.41 bits per heavy atom. The molecule has 2 saturated carbocycles. The molecule has 16 heteroatoms. The third-order valence-electron chi connectivity index (χ3n) is 9.35. The van der Waals surface area contributed by atoms with Gasteiger partial charge in [-0.2, -0.15) is 0 Å². The minimum absolute atomic E-state index is 0.142. The van der Waals surface area contributed by atoms with Crippen LogP contribution in [0.25, 0.3) is 22.6 Å². The van der Waals surface area contributed by atoms with Crippen molar-refractivity contribution in [2.75, 3.05) is 0 Å². The van der Waals surface area contributed by atoms with Gasteiger partial charge in [-0.25, -0.2) is 0 Å². The highest BCUT2D eigenvalue weighted by Crippen LogP contribution is 2.34. The number of nitrogens with one attached hydrogen (secondary N) is 2. The summed E-state index contributed by atoms with van der Waals surface area (Å²) in [5, 5.41) is 52.2. The number of carbonyl (C=O) groups is 2. The fourth-order valence-corrected chi connectivity index (χ4v) is 8.12.